The summed E-state index contributed by atoms with van der Waals surface area (Å²) in [5.74, 6) is -0.316. The summed E-state index contributed by atoms with van der Waals surface area (Å²) in [7, 11) is 0. The number of esters is 1. The minimum Gasteiger partial charge on any atom is -0.455 e. The van der Waals surface area contributed by atoms with Gasteiger partial charge in [-0.3, -0.25) is 4.79 Å². The molecule has 0 spiro atoms. The van der Waals surface area contributed by atoms with E-state index in [2.05, 4.69) is 6.58 Å². The van der Waals surface area contributed by atoms with E-state index in [1.54, 1.807) is 13.8 Å². The zero-order chi connectivity index (χ0) is 8.70. The third kappa shape index (κ3) is 0.744. The van der Waals surface area contributed by atoms with Crippen LogP contribution in [0.25, 0.3) is 0 Å². The van der Waals surface area contributed by atoms with Crippen LogP contribution in [0.2, 0.25) is 0 Å². The molecule has 1 rings (SSSR count). The molecule has 0 aromatic rings. The lowest BCUT2D eigenvalue weighted by Gasteiger charge is -2.50. The first kappa shape index (κ1) is 8.27. The molecule has 0 bridgehead atoms. The van der Waals surface area contributed by atoms with Crippen molar-refractivity contribution in [1.82, 2.24) is 0 Å². The lowest BCUT2D eigenvalue weighted by molar-refractivity contribution is -0.232. The van der Waals surface area contributed by atoms with Gasteiger partial charge in [0.05, 0.1) is 6.61 Å². The molecule has 0 saturated carbocycles. The molecule has 1 N–H and O–H groups in total. The molecule has 2 unspecified atom stereocenters. The largest absolute Gasteiger partial charge is 0.455 e. The number of hydrogen-bond donors (Lipinski definition) is 1. The summed E-state index contributed by atoms with van der Waals surface area (Å²) < 4.78 is 4.82. The van der Waals surface area contributed by atoms with Crippen LogP contribution in [0.5, 0.6) is 0 Å². The summed E-state index contributed by atoms with van der Waals surface area (Å²) in [4.78, 5) is 11.0. The van der Waals surface area contributed by atoms with E-state index in [-0.39, 0.29) is 12.6 Å². The Labute approximate surface area is 65.7 Å². The number of carbonyl (C=O) groups excluding carboxylic acids is 1. The molecule has 62 valence electrons. The van der Waals surface area contributed by atoms with Gasteiger partial charge in [-0.2, -0.15) is 0 Å². The van der Waals surface area contributed by atoms with E-state index in [0.717, 1.165) is 0 Å². The highest BCUT2D eigenvalue weighted by atomic mass is 16.6. The summed E-state index contributed by atoms with van der Waals surface area (Å²) in [6, 6.07) is 0. The summed E-state index contributed by atoms with van der Waals surface area (Å²) >= 11 is 0. The molecule has 3 heteroatoms. The van der Waals surface area contributed by atoms with Gasteiger partial charge >= 0.3 is 5.97 Å². The molecule has 11 heavy (non-hydrogen) atoms. The molecule has 1 fully saturated rings. The Morgan fingerprint density at radius 3 is 2.45 bits per heavy atom. The highest BCUT2D eigenvalue weighted by molar-refractivity contribution is 5.86. The quantitative estimate of drug-likeness (QED) is 0.467. The van der Waals surface area contributed by atoms with Crippen LogP contribution in [0.3, 0.4) is 0 Å². The van der Waals surface area contributed by atoms with Crippen LogP contribution in [0.4, 0.5) is 0 Å². The highest BCUT2D eigenvalue weighted by Gasteiger charge is 2.61. The van der Waals surface area contributed by atoms with E-state index in [4.69, 9.17) is 9.84 Å². The SMILES string of the molecule is C=CC1(C)C(=O)OC1(C)CO. The van der Waals surface area contributed by atoms with Gasteiger partial charge < -0.3 is 9.84 Å². The first-order chi connectivity index (χ1) is 5.00. The minimum absolute atomic E-state index is 0.165. The van der Waals surface area contributed by atoms with Crippen molar-refractivity contribution >= 4 is 5.97 Å². The van der Waals surface area contributed by atoms with Gasteiger partial charge in [-0.15, -0.1) is 6.58 Å². The summed E-state index contributed by atoms with van der Waals surface area (Å²) in [6.45, 7) is 6.77. The van der Waals surface area contributed by atoms with Crippen LogP contribution in [-0.4, -0.2) is 23.3 Å². The van der Waals surface area contributed by atoms with Gasteiger partial charge in [-0.25, -0.2) is 0 Å². The molecule has 3 nitrogen and oxygen atoms in total. The van der Waals surface area contributed by atoms with Crippen molar-refractivity contribution in [2.45, 2.75) is 19.4 Å². The fourth-order valence-corrected chi connectivity index (χ4v) is 1.08. The Kier molecular flexibility index (Phi) is 1.56. The zero-order valence-electron chi connectivity index (χ0n) is 6.76. The average molecular weight is 156 g/mol. The predicted molar refractivity (Wildman–Crippen MR) is 39.9 cm³/mol. The molecular formula is C8H12O3. The van der Waals surface area contributed by atoms with Gasteiger partial charge in [0.15, 0.2) is 5.60 Å². The molecule has 1 aliphatic heterocycles. The molecule has 1 aliphatic rings. The molecule has 2 atom stereocenters. The van der Waals surface area contributed by atoms with Gasteiger partial charge in [0.25, 0.3) is 0 Å². The van der Waals surface area contributed by atoms with Gasteiger partial charge in [0.2, 0.25) is 0 Å². The first-order valence-corrected chi connectivity index (χ1v) is 3.48. The summed E-state index contributed by atoms with van der Waals surface area (Å²) in [5, 5.41) is 8.90. The molecular weight excluding hydrogens is 144 g/mol. The Balaban J connectivity index is 2.92. The maximum absolute atomic E-state index is 11.0. The van der Waals surface area contributed by atoms with Crippen LogP contribution >= 0.6 is 0 Å². The number of cyclic esters (lactones) is 1. The van der Waals surface area contributed by atoms with Crippen LogP contribution in [0.15, 0.2) is 12.7 Å². The highest BCUT2D eigenvalue weighted by Crippen LogP contribution is 2.46. The molecule has 1 saturated heterocycles. The third-order valence-corrected chi connectivity index (χ3v) is 2.55. The molecule has 0 radical (unpaired) electrons. The fraction of sp³-hybridized carbons (Fsp3) is 0.625. The van der Waals surface area contributed by atoms with Crippen molar-refractivity contribution in [1.29, 1.82) is 0 Å². The van der Waals surface area contributed by atoms with Crippen LogP contribution in [-0.2, 0) is 9.53 Å². The maximum atomic E-state index is 11.0. The van der Waals surface area contributed by atoms with E-state index in [1.807, 2.05) is 0 Å². The van der Waals surface area contributed by atoms with E-state index >= 15 is 0 Å². The van der Waals surface area contributed by atoms with Crippen molar-refractivity contribution in [3.8, 4) is 0 Å². The fourth-order valence-electron chi connectivity index (χ4n) is 1.08. The van der Waals surface area contributed by atoms with E-state index < -0.39 is 11.0 Å². The molecule has 0 aromatic carbocycles. The Morgan fingerprint density at radius 2 is 2.27 bits per heavy atom. The third-order valence-electron chi connectivity index (χ3n) is 2.55. The monoisotopic (exact) mass is 156 g/mol. The van der Waals surface area contributed by atoms with Crippen molar-refractivity contribution in [3.05, 3.63) is 12.7 Å². The molecule has 0 aromatic heterocycles. The number of aliphatic hydroxyl groups is 1. The molecule has 1 heterocycles. The van der Waals surface area contributed by atoms with Crippen molar-refractivity contribution in [2.24, 2.45) is 5.41 Å². The maximum Gasteiger partial charge on any atom is 0.320 e. The zero-order valence-corrected chi connectivity index (χ0v) is 6.76. The van der Waals surface area contributed by atoms with Crippen LogP contribution in [0, 0.1) is 5.41 Å². The van der Waals surface area contributed by atoms with E-state index in [0.29, 0.717) is 0 Å². The van der Waals surface area contributed by atoms with Gasteiger partial charge in [0.1, 0.15) is 5.41 Å². The lowest BCUT2D eigenvalue weighted by atomic mass is 9.70. The predicted octanol–water partition coefficient (Wildman–Crippen LogP) is 0.486. The van der Waals surface area contributed by atoms with Gasteiger partial charge in [-0.05, 0) is 13.8 Å². The second-order valence-electron chi connectivity index (χ2n) is 3.18. The summed E-state index contributed by atoms with van der Waals surface area (Å²) in [6.07, 6.45) is 1.52. The van der Waals surface area contributed by atoms with E-state index in [9.17, 15) is 4.79 Å². The topological polar surface area (TPSA) is 46.5 Å². The van der Waals surface area contributed by atoms with Gasteiger partial charge in [0, 0.05) is 0 Å². The summed E-state index contributed by atoms with van der Waals surface area (Å²) in [5.41, 5.74) is -1.49. The number of carbonyl (C=O) groups is 1. The smallest absolute Gasteiger partial charge is 0.320 e. The van der Waals surface area contributed by atoms with Gasteiger partial charge in [-0.1, -0.05) is 6.08 Å². The number of rotatable bonds is 2. The second kappa shape index (κ2) is 2.08. The number of hydrogen-bond acceptors (Lipinski definition) is 3. The van der Waals surface area contributed by atoms with Crippen molar-refractivity contribution < 1.29 is 14.6 Å². The first-order valence-electron chi connectivity index (χ1n) is 3.48. The minimum atomic E-state index is -0.772. The Hall–Kier alpha value is -0.830. The number of aliphatic hydroxyl groups excluding tert-OH is 1. The van der Waals surface area contributed by atoms with E-state index in [1.165, 1.54) is 6.08 Å². The average Bonchev–Trinajstić information content (AvgIpc) is 2.02. The Morgan fingerprint density at radius 1 is 1.73 bits per heavy atom. The van der Waals surface area contributed by atoms with Crippen molar-refractivity contribution in [3.63, 3.8) is 0 Å². The Bertz CT molecular complexity index is 211. The van der Waals surface area contributed by atoms with Crippen LogP contribution < -0.4 is 0 Å². The van der Waals surface area contributed by atoms with Crippen LogP contribution in [0.1, 0.15) is 13.8 Å². The molecule has 0 aliphatic carbocycles. The lowest BCUT2D eigenvalue weighted by Crippen LogP contribution is -2.64. The van der Waals surface area contributed by atoms with Crippen molar-refractivity contribution in [2.75, 3.05) is 6.61 Å². The second-order valence-corrected chi connectivity index (χ2v) is 3.18. The number of ether oxygens (including phenoxy) is 1. The normalized spacial score (nSPS) is 42.6. The standard InChI is InChI=1S/C8H12O3/c1-4-7(2)6(10)11-8(7,3)5-9/h4,9H,1,5H2,2-3H3. The molecule has 0 amide bonds.